The maximum absolute atomic E-state index is 6.05. The maximum Gasteiger partial charge on any atom is 0.264 e. The minimum Gasteiger partial charge on any atom is -0.377 e. The van der Waals surface area contributed by atoms with Crippen LogP contribution in [-0.4, -0.2) is 48.5 Å². The Morgan fingerprint density at radius 3 is 2.52 bits per heavy atom. The Labute approximate surface area is 167 Å². The molecule has 1 fully saturated rings. The van der Waals surface area contributed by atoms with E-state index in [1.54, 1.807) is 0 Å². The van der Waals surface area contributed by atoms with E-state index in [9.17, 15) is 0 Å². The first-order valence-electron chi connectivity index (χ1n) is 9.67. The molecule has 0 unspecified atom stereocenters. The fraction of sp³-hybridized carbons (Fsp3) is 0.500. The van der Waals surface area contributed by atoms with E-state index in [2.05, 4.69) is 31.5 Å². The average molecular weight is 390 g/mol. The normalized spacial score (nSPS) is 21.5. The smallest absolute Gasteiger partial charge is 0.264 e. The van der Waals surface area contributed by atoms with Gasteiger partial charge in [0, 0.05) is 17.5 Å². The summed E-state index contributed by atoms with van der Waals surface area (Å²) in [6.45, 7) is 14.8. The molecule has 1 aromatic rings. The molecular weight excluding hydrogens is 360 g/mol. The fourth-order valence-electron chi connectivity index (χ4n) is 3.73. The van der Waals surface area contributed by atoms with Crippen molar-refractivity contribution >= 4 is 22.9 Å². The highest BCUT2D eigenvalue weighted by Crippen LogP contribution is 2.39. The molecule has 5 heteroatoms. The molecule has 0 amide bonds. The molecule has 1 aliphatic heterocycles. The van der Waals surface area contributed by atoms with Gasteiger partial charge in [-0.1, -0.05) is 44.2 Å². The zero-order chi connectivity index (χ0) is 19.4. The van der Waals surface area contributed by atoms with Crippen LogP contribution in [0.4, 0.5) is 0 Å². The highest BCUT2D eigenvalue weighted by atomic mass is 35.5. The number of benzene rings is 1. The first-order chi connectivity index (χ1) is 12.9. The summed E-state index contributed by atoms with van der Waals surface area (Å²) >= 11 is 6.05. The Kier molecular flexibility index (Phi) is 6.28. The van der Waals surface area contributed by atoms with Gasteiger partial charge in [0.1, 0.15) is 13.1 Å². The third-order valence-corrected chi connectivity index (χ3v) is 5.24. The van der Waals surface area contributed by atoms with Crippen molar-refractivity contribution in [3.05, 3.63) is 53.1 Å². The summed E-state index contributed by atoms with van der Waals surface area (Å²) in [5.41, 5.74) is 4.73. The number of hydrogen-bond donors (Lipinski definition) is 0. The van der Waals surface area contributed by atoms with Crippen molar-refractivity contribution in [1.82, 2.24) is 5.01 Å². The van der Waals surface area contributed by atoms with Gasteiger partial charge in [0.2, 0.25) is 0 Å². The zero-order valence-electron chi connectivity index (χ0n) is 16.6. The molecule has 0 N–H and O–H groups in total. The number of ether oxygens (including phenoxy) is 1. The molecule has 0 bridgehead atoms. The summed E-state index contributed by atoms with van der Waals surface area (Å²) in [6, 6.07) is 7.91. The van der Waals surface area contributed by atoms with Crippen molar-refractivity contribution in [3.8, 4) is 0 Å². The molecule has 4 nitrogen and oxygen atoms in total. The van der Waals surface area contributed by atoms with Crippen LogP contribution in [0.1, 0.15) is 39.2 Å². The molecule has 0 aromatic heterocycles. The summed E-state index contributed by atoms with van der Waals surface area (Å²) in [4.78, 5) is 8.04. The van der Waals surface area contributed by atoms with Gasteiger partial charge in [0.15, 0.2) is 6.61 Å². The lowest BCUT2D eigenvalue weighted by molar-refractivity contribution is -0.897. The molecule has 1 heterocycles. The number of halogens is 1. The molecule has 1 aliphatic carbocycles. The van der Waals surface area contributed by atoms with E-state index in [1.165, 1.54) is 11.3 Å². The molecule has 0 spiro atoms. The summed E-state index contributed by atoms with van der Waals surface area (Å²) < 4.78 is 5.51. The predicted molar refractivity (Wildman–Crippen MR) is 111 cm³/mol. The standard InChI is InChI=1S/C22H30ClN2O2/c1-5-27-25(24-10-12-26-13-11-24)21-14-19(15-22(3,4)16-21)17(2)18-6-8-20(23)9-7-18/h6-9,14H,2,5,10-13,15-16H2,1,3-4H3/q+1/b25-21-. The van der Waals surface area contributed by atoms with Gasteiger partial charge in [-0.15, -0.1) is 5.01 Å². The number of allylic oxidation sites excluding steroid dienone is 3. The van der Waals surface area contributed by atoms with E-state index in [0.717, 1.165) is 55.3 Å². The number of hydrogen-bond acceptors (Lipinski definition) is 3. The summed E-state index contributed by atoms with van der Waals surface area (Å²) in [7, 11) is 0. The van der Waals surface area contributed by atoms with Crippen LogP contribution in [0, 0.1) is 5.41 Å². The first kappa shape index (κ1) is 20.0. The van der Waals surface area contributed by atoms with Gasteiger partial charge in [-0.2, -0.15) is 0 Å². The number of nitrogens with zero attached hydrogens (tertiary/aromatic N) is 2. The number of hydrazine groups is 1. The van der Waals surface area contributed by atoms with Crippen molar-refractivity contribution in [2.24, 2.45) is 5.41 Å². The Morgan fingerprint density at radius 2 is 1.89 bits per heavy atom. The van der Waals surface area contributed by atoms with E-state index < -0.39 is 0 Å². The second kappa shape index (κ2) is 8.49. The molecule has 27 heavy (non-hydrogen) atoms. The van der Waals surface area contributed by atoms with Gasteiger partial charge in [0.05, 0.1) is 18.1 Å². The van der Waals surface area contributed by atoms with E-state index in [1.807, 2.05) is 36.0 Å². The van der Waals surface area contributed by atoms with Crippen LogP contribution in [0.3, 0.4) is 0 Å². The molecule has 2 aliphatic rings. The van der Waals surface area contributed by atoms with Crippen molar-refractivity contribution in [3.63, 3.8) is 0 Å². The van der Waals surface area contributed by atoms with Crippen molar-refractivity contribution in [2.45, 2.75) is 33.6 Å². The summed E-state index contributed by atoms with van der Waals surface area (Å²) in [5, 5.41) is 2.98. The summed E-state index contributed by atoms with van der Waals surface area (Å²) in [5.74, 6) is 0. The van der Waals surface area contributed by atoms with Gasteiger partial charge in [-0.05, 0) is 47.6 Å². The quantitative estimate of drug-likeness (QED) is 0.536. The zero-order valence-corrected chi connectivity index (χ0v) is 17.4. The van der Waals surface area contributed by atoms with Gasteiger partial charge < -0.3 is 4.74 Å². The largest absolute Gasteiger partial charge is 0.377 e. The second-order valence-corrected chi connectivity index (χ2v) is 8.36. The van der Waals surface area contributed by atoms with Crippen LogP contribution in [0.2, 0.25) is 5.02 Å². The Balaban J connectivity index is 1.98. The third-order valence-electron chi connectivity index (χ3n) is 4.99. The highest BCUT2D eigenvalue weighted by molar-refractivity contribution is 6.30. The van der Waals surface area contributed by atoms with Crippen LogP contribution < -0.4 is 0 Å². The average Bonchev–Trinajstić information content (AvgIpc) is 2.65. The maximum atomic E-state index is 6.05. The topological polar surface area (TPSA) is 24.7 Å². The number of hydrazone groups is 1. The minimum atomic E-state index is 0.135. The fourth-order valence-corrected chi connectivity index (χ4v) is 3.85. The van der Waals surface area contributed by atoms with Crippen LogP contribution in [0.15, 0.2) is 42.5 Å². The van der Waals surface area contributed by atoms with E-state index in [-0.39, 0.29) is 5.41 Å². The monoisotopic (exact) mass is 389 g/mol. The van der Waals surface area contributed by atoms with Crippen LogP contribution in [0.5, 0.6) is 0 Å². The Hall–Kier alpha value is -1.78. The second-order valence-electron chi connectivity index (χ2n) is 7.92. The highest BCUT2D eigenvalue weighted by Gasteiger charge is 2.36. The van der Waals surface area contributed by atoms with Gasteiger partial charge in [0.25, 0.3) is 5.71 Å². The molecule has 3 rings (SSSR count). The lowest BCUT2D eigenvalue weighted by atomic mass is 9.74. The molecule has 0 saturated carbocycles. The van der Waals surface area contributed by atoms with E-state index >= 15 is 0 Å². The lowest BCUT2D eigenvalue weighted by Crippen LogP contribution is -2.47. The molecular formula is C22H30ClN2O2+. The molecule has 1 aromatic carbocycles. The van der Waals surface area contributed by atoms with Crippen LogP contribution in [-0.2, 0) is 9.57 Å². The van der Waals surface area contributed by atoms with Crippen LogP contribution >= 0.6 is 11.6 Å². The molecule has 1 saturated heterocycles. The summed E-state index contributed by atoms with van der Waals surface area (Å²) in [6.07, 6.45) is 4.20. The molecule has 0 radical (unpaired) electrons. The van der Waals surface area contributed by atoms with Crippen molar-refractivity contribution in [1.29, 1.82) is 0 Å². The third kappa shape index (κ3) is 4.94. The van der Waals surface area contributed by atoms with Crippen molar-refractivity contribution < 1.29 is 14.4 Å². The van der Waals surface area contributed by atoms with E-state index in [4.69, 9.17) is 21.2 Å². The van der Waals surface area contributed by atoms with Crippen molar-refractivity contribution in [2.75, 3.05) is 32.9 Å². The SMILES string of the molecule is C=C(C1=C/C(=[N+](/OCC)N2CCOCC2)CC(C)(C)C1)c1ccc(Cl)cc1. The molecule has 146 valence electrons. The van der Waals surface area contributed by atoms with E-state index in [0.29, 0.717) is 6.61 Å². The number of morpholine rings is 1. The number of rotatable bonds is 5. The Bertz CT molecular complexity index is 744. The lowest BCUT2D eigenvalue weighted by Gasteiger charge is -2.31. The minimum absolute atomic E-state index is 0.135. The first-order valence-corrected chi connectivity index (χ1v) is 10.0. The predicted octanol–water partition coefficient (Wildman–Crippen LogP) is 4.75. The molecule has 0 atom stereocenters. The Morgan fingerprint density at radius 1 is 1.22 bits per heavy atom. The van der Waals surface area contributed by atoms with Gasteiger partial charge >= 0.3 is 0 Å². The van der Waals surface area contributed by atoms with Gasteiger partial charge in [-0.3, -0.25) is 0 Å². The van der Waals surface area contributed by atoms with Gasteiger partial charge in [-0.25, -0.2) is 4.84 Å². The van der Waals surface area contributed by atoms with Crippen LogP contribution in [0.25, 0.3) is 5.57 Å².